The van der Waals surface area contributed by atoms with Gasteiger partial charge in [0.05, 0.1) is 32.7 Å². The summed E-state index contributed by atoms with van der Waals surface area (Å²) in [4.78, 5) is 12.5. The van der Waals surface area contributed by atoms with E-state index >= 15 is 0 Å². The molecule has 1 aliphatic rings. The zero-order valence-electron chi connectivity index (χ0n) is 17.0. The summed E-state index contributed by atoms with van der Waals surface area (Å²) in [5, 5.41) is 2.70. The van der Waals surface area contributed by atoms with Crippen molar-refractivity contribution in [1.82, 2.24) is 5.32 Å². The number of fused-ring (bicyclic) bond motifs is 1. The molecule has 1 amide bonds. The number of amides is 1. The quantitative estimate of drug-likeness (QED) is 0.668. The highest BCUT2D eigenvalue weighted by Crippen LogP contribution is 2.33. The van der Waals surface area contributed by atoms with E-state index in [2.05, 4.69) is 5.32 Å². The fraction of sp³-hybridized carbons (Fsp3) is 0.350. The molecule has 0 spiro atoms. The number of anilines is 1. The van der Waals surface area contributed by atoms with Gasteiger partial charge in [0.1, 0.15) is 30.8 Å². The average molecular weight is 436 g/mol. The average Bonchev–Trinajstić information content (AvgIpc) is 2.74. The summed E-state index contributed by atoms with van der Waals surface area (Å²) < 4.78 is 47.5. The minimum absolute atomic E-state index is 0.171. The molecule has 0 aromatic heterocycles. The van der Waals surface area contributed by atoms with Gasteiger partial charge in [-0.3, -0.25) is 9.10 Å². The predicted molar refractivity (Wildman–Crippen MR) is 111 cm³/mol. The van der Waals surface area contributed by atoms with Crippen molar-refractivity contribution in [2.24, 2.45) is 0 Å². The zero-order valence-corrected chi connectivity index (χ0v) is 17.8. The number of hydrogen-bond donors (Lipinski definition) is 1. The summed E-state index contributed by atoms with van der Waals surface area (Å²) in [7, 11) is -0.847. The summed E-state index contributed by atoms with van der Waals surface area (Å²) in [6.07, 6.45) is 0.643. The molecule has 0 saturated carbocycles. The number of nitrogens with one attached hydrogen (secondary N) is 1. The molecule has 0 bridgehead atoms. The third-order valence-electron chi connectivity index (χ3n) is 4.44. The molecular formula is C20H24N2O7S. The van der Waals surface area contributed by atoms with Crippen molar-refractivity contribution in [3.8, 4) is 23.0 Å². The third kappa shape index (κ3) is 5.07. The number of rotatable bonds is 8. The Bertz CT molecular complexity index is 1010. The molecule has 10 heteroatoms. The lowest BCUT2D eigenvalue weighted by Gasteiger charge is -2.27. The van der Waals surface area contributed by atoms with Crippen LogP contribution in [0, 0.1) is 0 Å². The number of para-hydroxylation sites is 2. The summed E-state index contributed by atoms with van der Waals surface area (Å²) >= 11 is 0. The first-order chi connectivity index (χ1) is 14.3. The van der Waals surface area contributed by atoms with Gasteiger partial charge >= 0.3 is 0 Å². The number of ether oxygens (including phenoxy) is 4. The maximum Gasteiger partial charge on any atom is 0.240 e. The number of benzene rings is 2. The van der Waals surface area contributed by atoms with Crippen molar-refractivity contribution in [3.63, 3.8) is 0 Å². The number of methoxy groups -OCH3 is 2. The molecule has 9 nitrogen and oxygen atoms in total. The van der Waals surface area contributed by atoms with Crippen molar-refractivity contribution < 1.29 is 32.2 Å². The largest absolute Gasteiger partial charge is 0.497 e. The third-order valence-corrected chi connectivity index (χ3v) is 5.56. The lowest BCUT2D eigenvalue weighted by molar-refractivity contribution is -0.120. The number of hydrogen-bond acceptors (Lipinski definition) is 7. The van der Waals surface area contributed by atoms with Crippen LogP contribution < -0.4 is 28.6 Å². The SMILES string of the molecule is COc1ccc(N(CC(=O)NCC2COc3ccccc3O2)S(C)(=O)=O)c(OC)c1. The second-order valence-electron chi connectivity index (χ2n) is 6.61. The topological polar surface area (TPSA) is 103 Å². The van der Waals surface area contributed by atoms with Gasteiger partial charge in [0.2, 0.25) is 15.9 Å². The van der Waals surface area contributed by atoms with E-state index < -0.39 is 22.5 Å². The Morgan fingerprint density at radius 3 is 2.57 bits per heavy atom. The van der Waals surface area contributed by atoms with E-state index in [1.807, 2.05) is 12.1 Å². The van der Waals surface area contributed by atoms with Gasteiger partial charge in [-0.25, -0.2) is 8.42 Å². The van der Waals surface area contributed by atoms with Gasteiger partial charge in [0.25, 0.3) is 0 Å². The van der Waals surface area contributed by atoms with Crippen LogP contribution in [-0.2, 0) is 14.8 Å². The molecule has 1 N–H and O–H groups in total. The van der Waals surface area contributed by atoms with E-state index in [9.17, 15) is 13.2 Å². The highest BCUT2D eigenvalue weighted by Gasteiger charge is 2.26. The van der Waals surface area contributed by atoms with Gasteiger partial charge in [-0.1, -0.05) is 12.1 Å². The van der Waals surface area contributed by atoms with Crippen molar-refractivity contribution in [1.29, 1.82) is 0 Å². The normalized spacial score (nSPS) is 15.2. The van der Waals surface area contributed by atoms with Gasteiger partial charge in [-0.2, -0.15) is 0 Å². The Morgan fingerprint density at radius 2 is 1.90 bits per heavy atom. The molecule has 0 saturated heterocycles. The van der Waals surface area contributed by atoms with E-state index in [4.69, 9.17) is 18.9 Å². The fourth-order valence-electron chi connectivity index (χ4n) is 2.95. The molecule has 0 fully saturated rings. The minimum atomic E-state index is -3.75. The highest BCUT2D eigenvalue weighted by atomic mass is 32.2. The first-order valence-electron chi connectivity index (χ1n) is 9.16. The van der Waals surface area contributed by atoms with E-state index in [1.54, 1.807) is 24.3 Å². The second kappa shape index (κ2) is 9.12. The Balaban J connectivity index is 1.67. The first kappa shape index (κ1) is 21.6. The van der Waals surface area contributed by atoms with Crippen LogP contribution in [0.15, 0.2) is 42.5 Å². The Kier molecular flexibility index (Phi) is 6.56. The van der Waals surface area contributed by atoms with Crippen LogP contribution in [0.25, 0.3) is 0 Å². The predicted octanol–water partition coefficient (Wildman–Crippen LogP) is 1.43. The van der Waals surface area contributed by atoms with Gasteiger partial charge < -0.3 is 24.3 Å². The number of nitrogens with zero attached hydrogens (tertiary/aromatic N) is 1. The Morgan fingerprint density at radius 1 is 1.17 bits per heavy atom. The smallest absolute Gasteiger partial charge is 0.240 e. The van der Waals surface area contributed by atoms with Crippen LogP contribution in [0.2, 0.25) is 0 Å². The van der Waals surface area contributed by atoms with Crippen LogP contribution >= 0.6 is 0 Å². The molecule has 1 heterocycles. The molecule has 2 aromatic rings. The van der Waals surface area contributed by atoms with E-state index in [-0.39, 0.29) is 30.7 Å². The number of sulfonamides is 1. The van der Waals surface area contributed by atoms with Crippen LogP contribution in [-0.4, -0.2) is 60.6 Å². The second-order valence-corrected chi connectivity index (χ2v) is 8.52. The molecule has 30 heavy (non-hydrogen) atoms. The summed E-state index contributed by atoms with van der Waals surface area (Å²) in [5.74, 6) is 1.54. The summed E-state index contributed by atoms with van der Waals surface area (Å²) in [5.41, 5.74) is 0.238. The fourth-order valence-corrected chi connectivity index (χ4v) is 3.81. The molecule has 1 unspecified atom stereocenters. The first-order valence-corrected chi connectivity index (χ1v) is 11.0. The van der Waals surface area contributed by atoms with Crippen LogP contribution in [0.1, 0.15) is 0 Å². The lowest BCUT2D eigenvalue weighted by atomic mass is 10.2. The van der Waals surface area contributed by atoms with Gasteiger partial charge in [-0.15, -0.1) is 0 Å². The van der Waals surface area contributed by atoms with Crippen LogP contribution in [0.5, 0.6) is 23.0 Å². The maximum absolute atomic E-state index is 12.5. The molecule has 1 aliphatic heterocycles. The van der Waals surface area contributed by atoms with Crippen molar-refractivity contribution >= 4 is 21.6 Å². The highest BCUT2D eigenvalue weighted by molar-refractivity contribution is 7.92. The molecule has 0 aliphatic carbocycles. The van der Waals surface area contributed by atoms with Gasteiger partial charge in [0, 0.05) is 6.07 Å². The zero-order chi connectivity index (χ0) is 21.7. The van der Waals surface area contributed by atoms with Crippen molar-refractivity contribution in [2.75, 3.05) is 44.5 Å². The van der Waals surface area contributed by atoms with Crippen LogP contribution in [0.4, 0.5) is 5.69 Å². The van der Waals surface area contributed by atoms with E-state index in [0.717, 1.165) is 10.6 Å². The Labute approximate surface area is 175 Å². The monoisotopic (exact) mass is 436 g/mol. The Hall–Kier alpha value is -3.14. The molecule has 1 atom stereocenters. The van der Waals surface area contributed by atoms with Gasteiger partial charge in [0.15, 0.2) is 11.5 Å². The maximum atomic E-state index is 12.5. The molecule has 0 radical (unpaired) electrons. The standard InChI is InChI=1S/C20H24N2O7S/c1-26-14-8-9-16(19(10-14)27-2)22(30(3,24)25)12-20(23)21-11-15-13-28-17-6-4-5-7-18(17)29-15/h4-10,15H,11-13H2,1-3H3,(H,21,23). The number of carbonyl (C=O) groups excluding carboxylic acids is 1. The molecular weight excluding hydrogens is 412 g/mol. The van der Waals surface area contributed by atoms with Crippen LogP contribution in [0.3, 0.4) is 0 Å². The lowest BCUT2D eigenvalue weighted by Crippen LogP contribution is -2.45. The minimum Gasteiger partial charge on any atom is -0.497 e. The summed E-state index contributed by atoms with van der Waals surface area (Å²) in [6, 6.07) is 11.9. The molecule has 2 aromatic carbocycles. The van der Waals surface area contributed by atoms with Crippen molar-refractivity contribution in [3.05, 3.63) is 42.5 Å². The molecule has 3 rings (SSSR count). The van der Waals surface area contributed by atoms with E-state index in [1.165, 1.54) is 20.3 Å². The van der Waals surface area contributed by atoms with Crippen molar-refractivity contribution in [2.45, 2.75) is 6.10 Å². The summed E-state index contributed by atoms with van der Waals surface area (Å²) in [6.45, 7) is 0.0373. The van der Waals surface area contributed by atoms with Gasteiger partial charge in [-0.05, 0) is 24.3 Å². The number of carbonyl (C=O) groups is 1. The molecule has 162 valence electrons. The van der Waals surface area contributed by atoms with E-state index in [0.29, 0.717) is 17.2 Å².